The van der Waals surface area contributed by atoms with Crippen LogP contribution in [0.5, 0.6) is 11.5 Å². The number of nitrogens with zero attached hydrogens (tertiary/aromatic N) is 2. The van der Waals surface area contributed by atoms with Crippen molar-refractivity contribution in [1.29, 1.82) is 0 Å². The van der Waals surface area contributed by atoms with Gasteiger partial charge in [-0.15, -0.1) is 0 Å². The lowest BCUT2D eigenvalue weighted by molar-refractivity contribution is -0.117. The number of aryl methyl sites for hydroxylation is 1. The van der Waals surface area contributed by atoms with Crippen LogP contribution in [0.25, 0.3) is 0 Å². The number of amides is 2. The van der Waals surface area contributed by atoms with Gasteiger partial charge >= 0.3 is 0 Å². The van der Waals surface area contributed by atoms with E-state index in [-0.39, 0.29) is 18.4 Å². The molecule has 2 aromatic rings. The molecule has 8 heteroatoms. The third-order valence-corrected chi connectivity index (χ3v) is 4.09. The van der Waals surface area contributed by atoms with E-state index in [1.54, 1.807) is 31.2 Å². The smallest absolute Gasteiger partial charge is 0.254 e. The Morgan fingerprint density at radius 2 is 1.79 bits per heavy atom. The van der Waals surface area contributed by atoms with Crippen molar-refractivity contribution in [2.75, 3.05) is 32.6 Å². The molecule has 8 nitrogen and oxygen atoms in total. The van der Waals surface area contributed by atoms with E-state index < -0.39 is 0 Å². The van der Waals surface area contributed by atoms with Gasteiger partial charge in [-0.25, -0.2) is 0 Å². The SMILES string of the molecule is COc1cc(OC)cc(C(=O)N(CCC(C)C)CC(=O)Nc2cc(C)on2)c1. The minimum absolute atomic E-state index is 0.100. The molecule has 0 atom stereocenters. The number of hydrogen-bond acceptors (Lipinski definition) is 6. The molecule has 0 radical (unpaired) electrons. The van der Waals surface area contributed by atoms with Crippen LogP contribution in [0, 0.1) is 12.8 Å². The Morgan fingerprint density at radius 1 is 1.14 bits per heavy atom. The number of hydrogen-bond donors (Lipinski definition) is 1. The first-order valence-electron chi connectivity index (χ1n) is 9.08. The fraction of sp³-hybridized carbons (Fsp3) is 0.450. The molecule has 0 spiro atoms. The summed E-state index contributed by atoms with van der Waals surface area (Å²) >= 11 is 0. The van der Waals surface area contributed by atoms with Crippen LogP contribution >= 0.6 is 0 Å². The highest BCUT2D eigenvalue weighted by molar-refractivity contribution is 5.99. The summed E-state index contributed by atoms with van der Waals surface area (Å²) in [5.74, 6) is 1.69. The first kappa shape index (κ1) is 21.3. The zero-order valence-electron chi connectivity index (χ0n) is 16.9. The maximum atomic E-state index is 13.1. The molecule has 1 N–H and O–H groups in total. The van der Waals surface area contributed by atoms with Crippen molar-refractivity contribution in [2.24, 2.45) is 5.92 Å². The molecule has 2 rings (SSSR count). The second kappa shape index (κ2) is 9.77. The number of carbonyl (C=O) groups is 2. The molecule has 1 heterocycles. The Morgan fingerprint density at radius 3 is 2.29 bits per heavy atom. The first-order chi connectivity index (χ1) is 13.3. The number of anilines is 1. The van der Waals surface area contributed by atoms with Gasteiger partial charge in [0.05, 0.1) is 14.2 Å². The monoisotopic (exact) mass is 389 g/mol. The van der Waals surface area contributed by atoms with Gasteiger partial charge in [-0.1, -0.05) is 19.0 Å². The summed E-state index contributed by atoms with van der Waals surface area (Å²) in [7, 11) is 3.04. The van der Waals surface area contributed by atoms with Gasteiger partial charge in [0.15, 0.2) is 5.82 Å². The van der Waals surface area contributed by atoms with Crippen molar-refractivity contribution in [2.45, 2.75) is 27.2 Å². The maximum absolute atomic E-state index is 13.1. The van der Waals surface area contributed by atoms with Gasteiger partial charge in [0.1, 0.15) is 23.8 Å². The van der Waals surface area contributed by atoms with Crippen LogP contribution in [-0.2, 0) is 4.79 Å². The van der Waals surface area contributed by atoms with E-state index in [4.69, 9.17) is 14.0 Å². The first-order valence-corrected chi connectivity index (χ1v) is 9.08. The maximum Gasteiger partial charge on any atom is 0.254 e. The normalized spacial score (nSPS) is 10.6. The van der Waals surface area contributed by atoms with E-state index in [1.165, 1.54) is 19.1 Å². The third kappa shape index (κ3) is 6.00. The summed E-state index contributed by atoms with van der Waals surface area (Å²) in [6.07, 6.45) is 0.767. The van der Waals surface area contributed by atoms with Crippen molar-refractivity contribution >= 4 is 17.6 Å². The number of rotatable bonds is 9. The van der Waals surface area contributed by atoms with Crippen molar-refractivity contribution in [3.63, 3.8) is 0 Å². The van der Waals surface area contributed by atoms with E-state index in [9.17, 15) is 9.59 Å². The summed E-state index contributed by atoms with van der Waals surface area (Å²) < 4.78 is 15.4. The van der Waals surface area contributed by atoms with E-state index in [0.29, 0.717) is 41.1 Å². The van der Waals surface area contributed by atoms with Gasteiger partial charge in [-0.05, 0) is 31.4 Å². The van der Waals surface area contributed by atoms with Gasteiger partial charge in [0.25, 0.3) is 5.91 Å². The highest BCUT2D eigenvalue weighted by Crippen LogP contribution is 2.23. The molecular formula is C20H27N3O5. The van der Waals surface area contributed by atoms with E-state index in [2.05, 4.69) is 24.3 Å². The summed E-state index contributed by atoms with van der Waals surface area (Å²) in [6, 6.07) is 6.57. The largest absolute Gasteiger partial charge is 0.497 e. The average Bonchev–Trinajstić information content (AvgIpc) is 3.08. The molecule has 0 fully saturated rings. The lowest BCUT2D eigenvalue weighted by Gasteiger charge is -2.23. The van der Waals surface area contributed by atoms with Gasteiger partial charge in [0.2, 0.25) is 5.91 Å². The van der Waals surface area contributed by atoms with Crippen LogP contribution in [0.3, 0.4) is 0 Å². The molecule has 2 amide bonds. The molecule has 0 unspecified atom stereocenters. The van der Waals surface area contributed by atoms with Crippen LogP contribution < -0.4 is 14.8 Å². The van der Waals surface area contributed by atoms with Crippen LogP contribution in [0.15, 0.2) is 28.8 Å². The quantitative estimate of drug-likeness (QED) is 0.708. The summed E-state index contributed by atoms with van der Waals surface area (Å²) in [5, 5.41) is 6.39. The Bertz CT molecular complexity index is 794. The summed E-state index contributed by atoms with van der Waals surface area (Å²) in [6.45, 7) is 6.21. The van der Waals surface area contributed by atoms with Crippen LogP contribution in [0.1, 0.15) is 36.4 Å². The fourth-order valence-electron chi connectivity index (χ4n) is 2.56. The number of methoxy groups -OCH3 is 2. The van der Waals surface area contributed by atoms with Gasteiger partial charge in [-0.3, -0.25) is 9.59 Å². The molecule has 0 aliphatic carbocycles. The Labute approximate surface area is 164 Å². The van der Waals surface area contributed by atoms with Gasteiger partial charge in [0, 0.05) is 24.2 Å². The number of nitrogens with one attached hydrogen (secondary N) is 1. The van der Waals surface area contributed by atoms with Gasteiger partial charge in [-0.2, -0.15) is 0 Å². The molecule has 152 valence electrons. The Balaban J connectivity index is 2.18. The standard InChI is InChI=1S/C20H27N3O5/c1-13(2)6-7-23(12-19(24)21-18-8-14(3)28-22-18)20(25)15-9-16(26-4)11-17(10-15)27-5/h8-11,13H,6-7,12H2,1-5H3,(H,21,22,24). The molecule has 0 aliphatic heterocycles. The summed E-state index contributed by atoms with van der Waals surface area (Å²) in [4.78, 5) is 27.0. The van der Waals surface area contributed by atoms with Gasteiger partial charge < -0.3 is 24.2 Å². The average molecular weight is 389 g/mol. The lowest BCUT2D eigenvalue weighted by atomic mass is 10.1. The van der Waals surface area contributed by atoms with E-state index >= 15 is 0 Å². The minimum Gasteiger partial charge on any atom is -0.497 e. The molecule has 0 aliphatic rings. The number of benzene rings is 1. The fourth-order valence-corrected chi connectivity index (χ4v) is 2.56. The molecule has 0 bridgehead atoms. The van der Waals surface area contributed by atoms with Crippen LogP contribution in [0.4, 0.5) is 5.82 Å². The van der Waals surface area contributed by atoms with Crippen molar-refractivity contribution in [3.8, 4) is 11.5 Å². The minimum atomic E-state index is -0.347. The molecular weight excluding hydrogens is 362 g/mol. The predicted octanol–water partition coefficient (Wildman–Crippen LogP) is 3.13. The molecule has 1 aromatic carbocycles. The third-order valence-electron chi connectivity index (χ3n) is 4.09. The zero-order chi connectivity index (χ0) is 20.7. The Kier molecular flexibility index (Phi) is 7.43. The van der Waals surface area contributed by atoms with Crippen LogP contribution in [-0.4, -0.2) is 49.2 Å². The zero-order valence-corrected chi connectivity index (χ0v) is 16.9. The topological polar surface area (TPSA) is 93.9 Å². The van der Waals surface area contributed by atoms with Crippen molar-refractivity contribution in [3.05, 3.63) is 35.6 Å². The van der Waals surface area contributed by atoms with Crippen molar-refractivity contribution in [1.82, 2.24) is 10.1 Å². The number of ether oxygens (including phenoxy) is 2. The highest BCUT2D eigenvalue weighted by Gasteiger charge is 2.21. The van der Waals surface area contributed by atoms with Crippen molar-refractivity contribution < 1.29 is 23.6 Å². The predicted molar refractivity (Wildman–Crippen MR) is 105 cm³/mol. The highest BCUT2D eigenvalue weighted by atomic mass is 16.5. The second-order valence-corrected chi connectivity index (χ2v) is 6.88. The number of carbonyl (C=O) groups excluding carboxylic acids is 2. The molecule has 0 saturated carbocycles. The van der Waals surface area contributed by atoms with E-state index in [1.807, 2.05) is 0 Å². The van der Waals surface area contributed by atoms with Crippen LogP contribution in [0.2, 0.25) is 0 Å². The molecule has 1 aromatic heterocycles. The lowest BCUT2D eigenvalue weighted by Crippen LogP contribution is -2.39. The van der Waals surface area contributed by atoms with E-state index in [0.717, 1.165) is 6.42 Å². The summed E-state index contributed by atoms with van der Waals surface area (Å²) in [5.41, 5.74) is 0.394. The molecule has 28 heavy (non-hydrogen) atoms. The Hall–Kier alpha value is -3.03. The molecule has 0 saturated heterocycles. The number of aromatic nitrogens is 1. The second-order valence-electron chi connectivity index (χ2n) is 6.88.